The molecule has 0 radical (unpaired) electrons. The molecule has 0 aromatic heterocycles. The molecule has 0 bridgehead atoms. The monoisotopic (exact) mass is 480 g/mol. The lowest BCUT2D eigenvalue weighted by atomic mass is 10.1. The third-order valence-electron chi connectivity index (χ3n) is 4.57. The van der Waals surface area contributed by atoms with Crippen molar-refractivity contribution in [3.05, 3.63) is 98.5 Å². The number of carboxylic acids is 1. The average Bonchev–Trinajstić information content (AvgIpc) is 2.77. The smallest absolute Gasteiger partial charge is 0.337 e. The van der Waals surface area contributed by atoms with E-state index in [9.17, 15) is 20.0 Å². The van der Waals surface area contributed by atoms with Gasteiger partial charge in [0.05, 0.1) is 21.3 Å². The van der Waals surface area contributed by atoms with E-state index in [0.29, 0.717) is 5.56 Å². The zero-order valence-corrected chi connectivity index (χ0v) is 18.9. The largest absolute Gasteiger partial charge is 0.486 e. The second-order valence-electron chi connectivity index (χ2n) is 7.07. The minimum absolute atomic E-state index is 0.0760. The predicted molar refractivity (Wildman–Crippen MR) is 128 cm³/mol. The van der Waals surface area contributed by atoms with Crippen LogP contribution in [0, 0.1) is 18.3 Å². The zero-order chi connectivity index (χ0) is 24.0. The summed E-state index contributed by atoms with van der Waals surface area (Å²) in [6.07, 6.45) is 1.31. The highest BCUT2D eigenvalue weighted by molar-refractivity contribution is 6.37. The van der Waals surface area contributed by atoms with Crippen LogP contribution < -0.4 is 10.1 Å². The molecule has 6 nitrogen and oxygen atoms in total. The number of nitrogens with one attached hydrogen (secondary N) is 1. The summed E-state index contributed by atoms with van der Waals surface area (Å²) >= 11 is 12.7. The van der Waals surface area contributed by atoms with E-state index in [2.05, 4.69) is 5.32 Å². The predicted octanol–water partition coefficient (Wildman–Crippen LogP) is 6.12. The number of carbonyl (C=O) groups excluding carboxylic acids is 1. The number of halogens is 2. The normalized spacial score (nSPS) is 10.9. The van der Waals surface area contributed by atoms with E-state index in [0.717, 1.165) is 11.1 Å². The molecule has 0 aliphatic rings. The Labute approximate surface area is 200 Å². The number of hydrogen-bond donors (Lipinski definition) is 2. The van der Waals surface area contributed by atoms with Gasteiger partial charge < -0.3 is 15.2 Å². The number of aryl methyl sites for hydroxylation is 1. The SMILES string of the molecule is Cc1cccc(COc2c(Cl)cc(/C=C(\C#N)C(=O)Nc3ccccc3C(=O)O)cc2Cl)c1. The van der Waals surface area contributed by atoms with E-state index < -0.39 is 11.9 Å². The summed E-state index contributed by atoms with van der Waals surface area (Å²) < 4.78 is 5.77. The third kappa shape index (κ3) is 6.13. The molecule has 0 fully saturated rings. The molecule has 166 valence electrons. The maximum atomic E-state index is 12.6. The van der Waals surface area contributed by atoms with Crippen molar-refractivity contribution >= 4 is 46.8 Å². The fourth-order valence-electron chi connectivity index (χ4n) is 3.04. The maximum Gasteiger partial charge on any atom is 0.337 e. The van der Waals surface area contributed by atoms with Crippen LogP contribution >= 0.6 is 23.2 Å². The Hall–Kier alpha value is -3.79. The zero-order valence-electron chi connectivity index (χ0n) is 17.4. The number of carboxylic acid groups (broad SMARTS) is 1. The summed E-state index contributed by atoms with van der Waals surface area (Å²) in [5, 5.41) is 21.6. The van der Waals surface area contributed by atoms with Gasteiger partial charge in [-0.2, -0.15) is 5.26 Å². The van der Waals surface area contributed by atoms with Crippen LogP contribution in [0.15, 0.2) is 66.2 Å². The molecule has 33 heavy (non-hydrogen) atoms. The van der Waals surface area contributed by atoms with Gasteiger partial charge in [-0.15, -0.1) is 0 Å². The summed E-state index contributed by atoms with van der Waals surface area (Å²) in [6, 6.07) is 18.6. The van der Waals surface area contributed by atoms with E-state index in [1.807, 2.05) is 37.3 Å². The number of anilines is 1. The molecule has 0 saturated heterocycles. The van der Waals surface area contributed by atoms with Gasteiger partial charge in [-0.1, -0.05) is 65.2 Å². The fourth-order valence-corrected chi connectivity index (χ4v) is 3.65. The molecule has 3 aromatic carbocycles. The Kier molecular flexibility index (Phi) is 7.73. The molecule has 1 amide bonds. The standard InChI is InChI=1S/C25H18Cl2N2O4/c1-15-5-4-6-16(9-15)14-33-23-20(26)11-17(12-21(23)27)10-18(13-28)24(30)29-22-8-3-2-7-19(22)25(31)32/h2-12H,14H2,1H3,(H,29,30)(H,31,32)/b18-10+. The maximum absolute atomic E-state index is 12.6. The van der Waals surface area contributed by atoms with E-state index in [4.69, 9.17) is 27.9 Å². The first-order chi connectivity index (χ1) is 15.8. The van der Waals surface area contributed by atoms with Crippen LogP contribution in [-0.2, 0) is 11.4 Å². The van der Waals surface area contributed by atoms with Crippen molar-refractivity contribution in [2.75, 3.05) is 5.32 Å². The van der Waals surface area contributed by atoms with Crippen LogP contribution in [-0.4, -0.2) is 17.0 Å². The Bertz CT molecular complexity index is 1270. The molecular weight excluding hydrogens is 463 g/mol. The molecule has 0 spiro atoms. The van der Waals surface area contributed by atoms with Gasteiger partial charge in [-0.3, -0.25) is 4.79 Å². The third-order valence-corrected chi connectivity index (χ3v) is 5.13. The van der Waals surface area contributed by atoms with Crippen molar-refractivity contribution in [2.45, 2.75) is 13.5 Å². The van der Waals surface area contributed by atoms with Gasteiger partial charge >= 0.3 is 5.97 Å². The molecule has 2 N–H and O–H groups in total. The Balaban J connectivity index is 1.80. The quantitative estimate of drug-likeness (QED) is 0.313. The number of hydrogen-bond acceptors (Lipinski definition) is 4. The van der Waals surface area contributed by atoms with Crippen molar-refractivity contribution in [1.82, 2.24) is 0 Å². The molecule has 0 atom stereocenters. The molecule has 3 rings (SSSR count). The number of rotatable bonds is 7. The number of amides is 1. The van der Waals surface area contributed by atoms with Crippen molar-refractivity contribution in [2.24, 2.45) is 0 Å². The van der Waals surface area contributed by atoms with Crippen LogP contribution in [0.2, 0.25) is 10.0 Å². The highest BCUT2D eigenvalue weighted by atomic mass is 35.5. The lowest BCUT2D eigenvalue weighted by Gasteiger charge is -2.12. The van der Waals surface area contributed by atoms with Crippen molar-refractivity contribution in [3.8, 4) is 11.8 Å². The number of carbonyl (C=O) groups is 2. The second kappa shape index (κ2) is 10.7. The average molecular weight is 481 g/mol. The first-order valence-electron chi connectivity index (χ1n) is 9.71. The topological polar surface area (TPSA) is 99.4 Å². The fraction of sp³-hybridized carbons (Fsp3) is 0.0800. The van der Waals surface area contributed by atoms with Crippen molar-refractivity contribution in [1.29, 1.82) is 5.26 Å². The van der Waals surface area contributed by atoms with Gasteiger partial charge in [0, 0.05) is 0 Å². The molecule has 0 saturated carbocycles. The Morgan fingerprint density at radius 2 is 1.79 bits per heavy atom. The van der Waals surface area contributed by atoms with Gasteiger partial charge in [0.25, 0.3) is 5.91 Å². The van der Waals surface area contributed by atoms with Gasteiger partial charge in [-0.05, 0) is 48.4 Å². The second-order valence-corrected chi connectivity index (χ2v) is 7.88. The molecule has 0 aliphatic heterocycles. The summed E-state index contributed by atoms with van der Waals surface area (Å²) in [5.74, 6) is -1.68. The molecule has 0 aliphatic carbocycles. The van der Waals surface area contributed by atoms with Crippen molar-refractivity contribution in [3.63, 3.8) is 0 Å². The molecule has 0 heterocycles. The number of para-hydroxylation sites is 1. The lowest BCUT2D eigenvalue weighted by molar-refractivity contribution is -0.112. The van der Waals surface area contributed by atoms with Gasteiger partial charge in [0.2, 0.25) is 0 Å². The van der Waals surface area contributed by atoms with Crippen LogP contribution in [0.25, 0.3) is 6.08 Å². The van der Waals surface area contributed by atoms with E-state index in [-0.39, 0.29) is 39.2 Å². The number of nitriles is 1. The Morgan fingerprint density at radius 1 is 1.09 bits per heavy atom. The summed E-state index contributed by atoms with van der Waals surface area (Å²) in [6.45, 7) is 2.25. The highest BCUT2D eigenvalue weighted by Crippen LogP contribution is 2.35. The van der Waals surface area contributed by atoms with E-state index in [1.54, 1.807) is 6.07 Å². The number of benzene rings is 3. The first-order valence-corrected chi connectivity index (χ1v) is 10.5. The van der Waals surface area contributed by atoms with Gasteiger partial charge in [-0.25, -0.2) is 4.79 Å². The van der Waals surface area contributed by atoms with Crippen LogP contribution in [0.4, 0.5) is 5.69 Å². The van der Waals surface area contributed by atoms with Gasteiger partial charge in [0.15, 0.2) is 5.75 Å². The highest BCUT2D eigenvalue weighted by Gasteiger charge is 2.16. The molecular formula is C25H18Cl2N2O4. The van der Waals surface area contributed by atoms with E-state index in [1.165, 1.54) is 36.4 Å². The van der Waals surface area contributed by atoms with Crippen LogP contribution in [0.5, 0.6) is 5.75 Å². The molecule has 3 aromatic rings. The minimum atomic E-state index is -1.20. The van der Waals surface area contributed by atoms with Crippen LogP contribution in [0.3, 0.4) is 0 Å². The van der Waals surface area contributed by atoms with Crippen molar-refractivity contribution < 1.29 is 19.4 Å². The Morgan fingerprint density at radius 3 is 2.42 bits per heavy atom. The number of ether oxygens (including phenoxy) is 1. The summed E-state index contributed by atoms with van der Waals surface area (Å²) in [4.78, 5) is 23.9. The summed E-state index contributed by atoms with van der Waals surface area (Å²) in [5.41, 5.74) is 2.19. The number of nitrogens with zero attached hydrogens (tertiary/aromatic N) is 1. The molecule has 8 heteroatoms. The minimum Gasteiger partial charge on any atom is -0.486 e. The first kappa shape index (κ1) is 23.9. The molecule has 0 unspecified atom stereocenters. The van der Waals surface area contributed by atoms with Crippen LogP contribution in [0.1, 0.15) is 27.0 Å². The number of aromatic carboxylic acids is 1. The van der Waals surface area contributed by atoms with Gasteiger partial charge in [0.1, 0.15) is 18.2 Å². The van der Waals surface area contributed by atoms with E-state index >= 15 is 0 Å². The summed E-state index contributed by atoms with van der Waals surface area (Å²) in [7, 11) is 0. The lowest BCUT2D eigenvalue weighted by Crippen LogP contribution is -2.16.